The normalized spacial score (nSPS) is 17.5. The second-order valence-electron chi connectivity index (χ2n) is 8.85. The molecule has 2 atom stereocenters. The van der Waals surface area contributed by atoms with E-state index in [1.165, 1.54) is 0 Å². The first-order chi connectivity index (χ1) is 14.7. The topological polar surface area (TPSA) is 54.3 Å². The molecule has 5 nitrogen and oxygen atoms in total. The van der Waals surface area contributed by atoms with Gasteiger partial charge in [0.1, 0.15) is 6.10 Å². The van der Waals surface area contributed by atoms with Crippen LogP contribution in [0, 0.1) is 0 Å². The maximum Gasteiger partial charge on any atom is 0.145 e. The fourth-order valence-corrected chi connectivity index (χ4v) is 3.92. The highest BCUT2D eigenvalue weighted by molar-refractivity contribution is 6.34. The lowest BCUT2D eigenvalue weighted by Crippen LogP contribution is -2.40. The lowest BCUT2D eigenvalue weighted by atomic mass is 10.0. The molecule has 31 heavy (non-hydrogen) atoms. The molecular weight excluding hydrogens is 435 g/mol. The molecular formula is C24H30Cl2N2O3. The van der Waals surface area contributed by atoms with Gasteiger partial charge in [-0.15, -0.1) is 0 Å². The van der Waals surface area contributed by atoms with Crippen LogP contribution in [0.4, 0.5) is 0 Å². The van der Waals surface area contributed by atoms with Gasteiger partial charge in [-0.3, -0.25) is 4.90 Å². The van der Waals surface area contributed by atoms with Gasteiger partial charge in [0, 0.05) is 41.7 Å². The van der Waals surface area contributed by atoms with E-state index in [1.54, 1.807) is 0 Å². The number of nitrogens with zero attached hydrogens (tertiary/aromatic N) is 2. The molecule has 0 amide bonds. The SMILES string of the molecule is CC(C)(C)OCC(O)CN(Cc1cccc(Cl)c1)CC1CC(c2ccccc2Cl)=NO1. The molecule has 0 radical (unpaired) electrons. The van der Waals surface area contributed by atoms with Crippen molar-refractivity contribution in [3.05, 3.63) is 69.7 Å². The molecule has 0 saturated carbocycles. The Morgan fingerprint density at radius 2 is 1.97 bits per heavy atom. The van der Waals surface area contributed by atoms with Gasteiger partial charge >= 0.3 is 0 Å². The summed E-state index contributed by atoms with van der Waals surface area (Å²) >= 11 is 12.5. The van der Waals surface area contributed by atoms with Crippen molar-refractivity contribution in [2.24, 2.45) is 5.16 Å². The first-order valence-corrected chi connectivity index (χ1v) is 11.2. The van der Waals surface area contributed by atoms with E-state index in [1.807, 2.05) is 69.3 Å². The molecule has 1 heterocycles. The molecule has 2 aromatic rings. The van der Waals surface area contributed by atoms with Crippen LogP contribution in [-0.4, -0.2) is 53.2 Å². The maximum absolute atomic E-state index is 10.6. The van der Waals surface area contributed by atoms with Crippen LogP contribution in [0.1, 0.15) is 38.3 Å². The number of ether oxygens (including phenoxy) is 1. The van der Waals surface area contributed by atoms with E-state index in [-0.39, 0.29) is 18.3 Å². The van der Waals surface area contributed by atoms with E-state index in [9.17, 15) is 5.11 Å². The fourth-order valence-electron chi connectivity index (χ4n) is 3.46. The van der Waals surface area contributed by atoms with Crippen molar-refractivity contribution in [2.45, 2.75) is 51.5 Å². The van der Waals surface area contributed by atoms with Crippen LogP contribution in [0.2, 0.25) is 10.0 Å². The van der Waals surface area contributed by atoms with Crippen LogP contribution < -0.4 is 0 Å². The molecule has 3 rings (SSSR count). The molecule has 1 aliphatic heterocycles. The Hall–Kier alpha value is -1.63. The van der Waals surface area contributed by atoms with Crippen molar-refractivity contribution in [3.63, 3.8) is 0 Å². The maximum atomic E-state index is 10.6. The first-order valence-electron chi connectivity index (χ1n) is 10.5. The lowest BCUT2D eigenvalue weighted by Gasteiger charge is -2.28. The van der Waals surface area contributed by atoms with E-state index >= 15 is 0 Å². The standard InChI is InChI=1S/C24H30Cl2N2O3/c1-24(2,3)30-16-19(29)14-28(13-17-7-6-8-18(25)11-17)15-20-12-23(27-31-20)21-9-4-5-10-22(21)26/h4-11,19-20,29H,12-16H2,1-3H3. The summed E-state index contributed by atoms with van der Waals surface area (Å²) in [7, 11) is 0. The molecule has 2 aromatic carbocycles. The molecule has 1 N–H and O–H groups in total. The van der Waals surface area contributed by atoms with E-state index < -0.39 is 6.10 Å². The lowest BCUT2D eigenvalue weighted by molar-refractivity contribution is -0.0600. The van der Waals surface area contributed by atoms with Crippen LogP contribution in [0.15, 0.2) is 53.7 Å². The van der Waals surface area contributed by atoms with Crippen molar-refractivity contribution < 1.29 is 14.7 Å². The summed E-state index contributed by atoms with van der Waals surface area (Å²) in [6.07, 6.45) is -0.0883. The smallest absolute Gasteiger partial charge is 0.145 e. The van der Waals surface area contributed by atoms with Gasteiger partial charge in [-0.25, -0.2) is 0 Å². The summed E-state index contributed by atoms with van der Waals surface area (Å²) in [5, 5.41) is 16.2. The van der Waals surface area contributed by atoms with Crippen LogP contribution in [0.25, 0.3) is 0 Å². The van der Waals surface area contributed by atoms with Crippen LogP contribution >= 0.6 is 23.2 Å². The molecule has 2 unspecified atom stereocenters. The van der Waals surface area contributed by atoms with Gasteiger partial charge in [-0.2, -0.15) is 0 Å². The number of rotatable bonds is 9. The molecule has 0 bridgehead atoms. The third-order valence-electron chi connectivity index (χ3n) is 4.85. The predicted molar refractivity (Wildman–Crippen MR) is 126 cm³/mol. The third-order valence-corrected chi connectivity index (χ3v) is 5.42. The molecule has 7 heteroatoms. The highest BCUT2D eigenvalue weighted by atomic mass is 35.5. The Labute approximate surface area is 194 Å². The second-order valence-corrected chi connectivity index (χ2v) is 9.69. The van der Waals surface area contributed by atoms with Gasteiger partial charge in [0.05, 0.1) is 24.0 Å². The number of aliphatic hydroxyl groups is 1. The minimum absolute atomic E-state index is 0.124. The number of aliphatic hydroxyl groups excluding tert-OH is 1. The van der Waals surface area contributed by atoms with E-state index in [0.29, 0.717) is 36.1 Å². The Morgan fingerprint density at radius 1 is 1.19 bits per heavy atom. The average molecular weight is 465 g/mol. The van der Waals surface area contributed by atoms with Crippen LogP contribution in [0.5, 0.6) is 0 Å². The molecule has 0 fully saturated rings. The van der Waals surface area contributed by atoms with Gasteiger partial charge in [-0.05, 0) is 44.5 Å². The Morgan fingerprint density at radius 3 is 2.68 bits per heavy atom. The fraction of sp³-hybridized carbons (Fsp3) is 0.458. The third kappa shape index (κ3) is 7.78. The van der Waals surface area contributed by atoms with Gasteiger partial charge in [-0.1, -0.05) is 58.7 Å². The Balaban J connectivity index is 1.64. The second kappa shape index (κ2) is 10.8. The Bertz CT molecular complexity index is 898. The Kier molecular flexibility index (Phi) is 8.36. The van der Waals surface area contributed by atoms with E-state index in [2.05, 4.69) is 10.1 Å². The molecule has 1 aliphatic rings. The first kappa shape index (κ1) is 24.0. The van der Waals surface area contributed by atoms with Crippen molar-refractivity contribution in [1.82, 2.24) is 4.90 Å². The molecule has 0 saturated heterocycles. The van der Waals surface area contributed by atoms with Crippen molar-refractivity contribution >= 4 is 28.9 Å². The summed E-state index contributed by atoms with van der Waals surface area (Å²) in [4.78, 5) is 7.86. The number of benzene rings is 2. The van der Waals surface area contributed by atoms with Gasteiger partial charge < -0.3 is 14.7 Å². The number of oxime groups is 1. The van der Waals surface area contributed by atoms with Crippen molar-refractivity contribution in [2.75, 3.05) is 19.7 Å². The number of hydrogen-bond acceptors (Lipinski definition) is 5. The molecule has 0 aliphatic carbocycles. The highest BCUT2D eigenvalue weighted by Gasteiger charge is 2.27. The van der Waals surface area contributed by atoms with Gasteiger partial charge in [0.25, 0.3) is 0 Å². The average Bonchev–Trinajstić information content (AvgIpc) is 3.14. The zero-order valence-electron chi connectivity index (χ0n) is 18.2. The van der Waals surface area contributed by atoms with E-state index in [0.717, 1.165) is 16.8 Å². The van der Waals surface area contributed by atoms with Crippen LogP contribution in [-0.2, 0) is 16.1 Å². The molecule has 0 spiro atoms. The predicted octanol–water partition coefficient (Wildman–Crippen LogP) is 5.16. The highest BCUT2D eigenvalue weighted by Crippen LogP contribution is 2.24. The summed E-state index contributed by atoms with van der Waals surface area (Å²) in [6.45, 7) is 7.88. The van der Waals surface area contributed by atoms with Gasteiger partial charge in [0.2, 0.25) is 0 Å². The summed E-state index contributed by atoms with van der Waals surface area (Å²) in [5.74, 6) is 0. The number of hydrogen-bond donors (Lipinski definition) is 1. The molecule has 0 aromatic heterocycles. The summed E-state index contributed by atoms with van der Waals surface area (Å²) in [5.41, 5.74) is 2.51. The van der Waals surface area contributed by atoms with Gasteiger partial charge in [0.15, 0.2) is 0 Å². The molecule has 168 valence electrons. The quantitative estimate of drug-likeness (QED) is 0.556. The zero-order chi connectivity index (χ0) is 22.4. The summed E-state index contributed by atoms with van der Waals surface area (Å²) in [6, 6.07) is 15.4. The minimum Gasteiger partial charge on any atom is -0.390 e. The summed E-state index contributed by atoms with van der Waals surface area (Å²) < 4.78 is 5.75. The zero-order valence-corrected chi connectivity index (χ0v) is 19.7. The van der Waals surface area contributed by atoms with Crippen LogP contribution in [0.3, 0.4) is 0 Å². The largest absolute Gasteiger partial charge is 0.390 e. The number of halogens is 2. The van der Waals surface area contributed by atoms with Crippen molar-refractivity contribution in [3.8, 4) is 0 Å². The minimum atomic E-state index is -0.622. The van der Waals surface area contributed by atoms with Crippen molar-refractivity contribution in [1.29, 1.82) is 0 Å². The monoisotopic (exact) mass is 464 g/mol. The van der Waals surface area contributed by atoms with E-state index in [4.69, 9.17) is 32.8 Å².